The molecule has 0 radical (unpaired) electrons. The van der Waals surface area contributed by atoms with Gasteiger partial charge in [0.25, 0.3) is 0 Å². The van der Waals surface area contributed by atoms with Crippen molar-refractivity contribution in [2.75, 3.05) is 0 Å². The van der Waals surface area contributed by atoms with Crippen LogP contribution in [0.4, 0.5) is 0 Å². The van der Waals surface area contributed by atoms with Crippen molar-refractivity contribution < 1.29 is 14.5 Å². The second-order valence-electron chi connectivity index (χ2n) is 2.11. The molecule has 11 heavy (non-hydrogen) atoms. The van der Waals surface area contributed by atoms with E-state index in [1.807, 2.05) is 0 Å². The Labute approximate surface area is 62.6 Å². The van der Waals surface area contributed by atoms with Crippen LogP contribution >= 0.6 is 0 Å². The van der Waals surface area contributed by atoms with Crippen LogP contribution in [-0.4, -0.2) is 6.29 Å². The SMILES string of the molecule is O=Cc1ccc2c(c1)ONO2. The summed E-state index contributed by atoms with van der Waals surface area (Å²) in [5.74, 6) is 1.13. The van der Waals surface area contributed by atoms with Gasteiger partial charge in [0, 0.05) is 11.2 Å². The maximum absolute atomic E-state index is 10.3. The van der Waals surface area contributed by atoms with Gasteiger partial charge in [-0.05, 0) is 18.2 Å². The molecular formula is C7H5NO3. The average molecular weight is 151 g/mol. The van der Waals surface area contributed by atoms with Gasteiger partial charge >= 0.3 is 0 Å². The standard InChI is InChI=1S/C7H5NO3/c9-4-5-1-2-6-7(3-5)11-8-10-6/h1-4,8H. The highest BCUT2D eigenvalue weighted by molar-refractivity contribution is 5.76. The van der Waals surface area contributed by atoms with E-state index in [-0.39, 0.29) is 0 Å². The maximum atomic E-state index is 10.3. The number of fused-ring (bicyclic) bond motifs is 1. The Morgan fingerprint density at radius 1 is 1.27 bits per heavy atom. The zero-order valence-corrected chi connectivity index (χ0v) is 5.53. The molecule has 0 spiro atoms. The summed E-state index contributed by atoms with van der Waals surface area (Å²) >= 11 is 0. The molecule has 0 aromatic heterocycles. The van der Waals surface area contributed by atoms with Gasteiger partial charge in [-0.25, -0.2) is 0 Å². The van der Waals surface area contributed by atoms with Crippen LogP contribution in [0.2, 0.25) is 0 Å². The largest absolute Gasteiger partial charge is 0.370 e. The molecule has 1 N–H and O–H groups in total. The first-order valence-corrected chi connectivity index (χ1v) is 3.08. The first kappa shape index (κ1) is 6.18. The van der Waals surface area contributed by atoms with Crippen molar-refractivity contribution in [2.24, 2.45) is 0 Å². The van der Waals surface area contributed by atoms with Gasteiger partial charge < -0.3 is 9.68 Å². The Morgan fingerprint density at radius 2 is 2.09 bits per heavy atom. The quantitative estimate of drug-likeness (QED) is 0.600. The number of nitrogens with one attached hydrogen (secondary N) is 1. The van der Waals surface area contributed by atoms with E-state index in [1.54, 1.807) is 18.2 Å². The third-order valence-electron chi connectivity index (χ3n) is 1.41. The second kappa shape index (κ2) is 2.25. The van der Waals surface area contributed by atoms with Crippen LogP contribution in [0.15, 0.2) is 18.2 Å². The lowest BCUT2D eigenvalue weighted by molar-refractivity contribution is 0.0259. The number of aldehydes is 1. The van der Waals surface area contributed by atoms with Crippen LogP contribution in [0.1, 0.15) is 10.4 Å². The molecule has 4 heteroatoms. The second-order valence-corrected chi connectivity index (χ2v) is 2.11. The molecule has 0 unspecified atom stereocenters. The minimum absolute atomic E-state index is 0.537. The monoisotopic (exact) mass is 151 g/mol. The van der Waals surface area contributed by atoms with Crippen LogP contribution in [0.5, 0.6) is 11.5 Å². The highest BCUT2D eigenvalue weighted by Crippen LogP contribution is 2.29. The number of carbonyl (C=O) groups excluding carboxylic acids is 1. The summed E-state index contributed by atoms with van der Waals surface area (Å²) < 4.78 is 0. The van der Waals surface area contributed by atoms with Gasteiger partial charge in [0.15, 0.2) is 11.5 Å². The van der Waals surface area contributed by atoms with Gasteiger partial charge in [0.1, 0.15) is 6.29 Å². The molecule has 1 aromatic carbocycles. The maximum Gasteiger partial charge on any atom is 0.196 e. The van der Waals surface area contributed by atoms with Crippen molar-refractivity contribution in [3.63, 3.8) is 0 Å². The van der Waals surface area contributed by atoms with Gasteiger partial charge in [-0.1, -0.05) is 0 Å². The minimum atomic E-state index is 0.537. The van der Waals surface area contributed by atoms with Crippen LogP contribution in [0.25, 0.3) is 0 Å². The van der Waals surface area contributed by atoms with E-state index in [9.17, 15) is 4.79 Å². The first-order chi connectivity index (χ1) is 5.40. The predicted octanol–water partition coefficient (Wildman–Crippen LogP) is 0.690. The molecule has 1 aliphatic rings. The summed E-state index contributed by atoms with van der Waals surface area (Å²) in [5, 5.41) is 0. The number of hydrogen-bond donors (Lipinski definition) is 1. The lowest BCUT2D eigenvalue weighted by Crippen LogP contribution is -2.14. The third-order valence-corrected chi connectivity index (χ3v) is 1.41. The van der Waals surface area contributed by atoms with Gasteiger partial charge in [-0.2, -0.15) is 0 Å². The predicted molar refractivity (Wildman–Crippen MR) is 36.2 cm³/mol. The van der Waals surface area contributed by atoms with Crippen molar-refractivity contribution in [1.82, 2.24) is 5.64 Å². The number of hydrogen-bond acceptors (Lipinski definition) is 4. The van der Waals surface area contributed by atoms with Crippen LogP contribution in [0.3, 0.4) is 0 Å². The van der Waals surface area contributed by atoms with E-state index in [0.717, 1.165) is 6.29 Å². The first-order valence-electron chi connectivity index (χ1n) is 3.08. The lowest BCUT2D eigenvalue weighted by Gasteiger charge is -1.91. The molecule has 0 bridgehead atoms. The number of benzene rings is 1. The van der Waals surface area contributed by atoms with E-state index in [2.05, 4.69) is 5.64 Å². The van der Waals surface area contributed by atoms with Gasteiger partial charge in [-0.3, -0.25) is 4.79 Å². The molecule has 0 atom stereocenters. The summed E-state index contributed by atoms with van der Waals surface area (Å²) in [6.07, 6.45) is 0.752. The summed E-state index contributed by atoms with van der Waals surface area (Å²) in [7, 11) is 0. The van der Waals surface area contributed by atoms with E-state index >= 15 is 0 Å². The fraction of sp³-hybridized carbons (Fsp3) is 0. The van der Waals surface area contributed by atoms with Crippen LogP contribution in [0, 0.1) is 0 Å². The highest BCUT2D eigenvalue weighted by Gasteiger charge is 2.13. The molecular weight excluding hydrogens is 146 g/mol. The smallest absolute Gasteiger partial charge is 0.196 e. The molecule has 0 amide bonds. The molecule has 4 nitrogen and oxygen atoms in total. The molecule has 56 valence electrons. The normalized spacial score (nSPS) is 13.1. The summed E-state index contributed by atoms with van der Waals surface area (Å²) in [6.45, 7) is 0. The molecule has 0 saturated carbocycles. The Bertz CT molecular complexity index is 298. The van der Waals surface area contributed by atoms with Crippen LogP contribution < -0.4 is 15.3 Å². The number of rotatable bonds is 1. The van der Waals surface area contributed by atoms with E-state index in [4.69, 9.17) is 9.68 Å². The van der Waals surface area contributed by atoms with Crippen molar-refractivity contribution >= 4 is 6.29 Å². The van der Waals surface area contributed by atoms with Gasteiger partial charge in [0.05, 0.1) is 0 Å². The molecule has 2 rings (SSSR count). The molecule has 1 aromatic rings. The molecule has 1 aliphatic heterocycles. The van der Waals surface area contributed by atoms with Crippen molar-refractivity contribution in [3.05, 3.63) is 23.8 Å². The lowest BCUT2D eigenvalue weighted by atomic mass is 10.2. The fourth-order valence-corrected chi connectivity index (χ4v) is 0.873. The van der Waals surface area contributed by atoms with E-state index in [1.165, 1.54) is 0 Å². The summed E-state index contributed by atoms with van der Waals surface area (Å²) in [4.78, 5) is 19.9. The molecule has 0 aliphatic carbocycles. The topological polar surface area (TPSA) is 47.6 Å². The summed E-state index contributed by atoms with van der Waals surface area (Å²) in [6, 6.07) is 4.92. The Hall–Kier alpha value is -1.55. The molecule has 1 heterocycles. The Kier molecular flexibility index (Phi) is 1.26. The zero-order chi connectivity index (χ0) is 7.68. The average Bonchev–Trinajstić information content (AvgIpc) is 2.50. The summed E-state index contributed by atoms with van der Waals surface area (Å²) in [5.41, 5.74) is 2.79. The molecule has 0 saturated heterocycles. The van der Waals surface area contributed by atoms with Crippen molar-refractivity contribution in [3.8, 4) is 11.5 Å². The highest BCUT2D eigenvalue weighted by atomic mass is 16.9. The Balaban J connectivity index is 2.48. The number of carbonyl (C=O) groups is 1. The van der Waals surface area contributed by atoms with Crippen molar-refractivity contribution in [2.45, 2.75) is 0 Å². The Morgan fingerprint density at radius 3 is 2.91 bits per heavy atom. The van der Waals surface area contributed by atoms with Crippen LogP contribution in [-0.2, 0) is 0 Å². The molecule has 0 fully saturated rings. The fourth-order valence-electron chi connectivity index (χ4n) is 0.873. The third kappa shape index (κ3) is 0.929. The minimum Gasteiger partial charge on any atom is -0.370 e. The van der Waals surface area contributed by atoms with Crippen molar-refractivity contribution in [1.29, 1.82) is 0 Å². The van der Waals surface area contributed by atoms with E-state index in [0.29, 0.717) is 17.1 Å². The van der Waals surface area contributed by atoms with Gasteiger partial charge in [0.2, 0.25) is 0 Å². The van der Waals surface area contributed by atoms with Gasteiger partial charge in [-0.15, -0.1) is 0 Å². The van der Waals surface area contributed by atoms with E-state index < -0.39 is 0 Å². The zero-order valence-electron chi connectivity index (χ0n) is 5.53.